The second-order valence-corrected chi connectivity index (χ2v) is 7.52. The number of halogens is 2. The van der Waals surface area contributed by atoms with E-state index in [1.54, 1.807) is 17.0 Å². The lowest BCUT2D eigenvalue weighted by Crippen LogP contribution is -2.56. The summed E-state index contributed by atoms with van der Waals surface area (Å²) in [7, 11) is 0. The third-order valence-electron chi connectivity index (χ3n) is 5.38. The molecule has 0 spiro atoms. The molecule has 2 amide bonds. The van der Waals surface area contributed by atoms with Crippen LogP contribution in [0.5, 0.6) is 0 Å². The quantitative estimate of drug-likeness (QED) is 0.704. The third-order valence-corrected chi connectivity index (χ3v) is 5.38. The molecule has 0 radical (unpaired) electrons. The summed E-state index contributed by atoms with van der Waals surface area (Å²) in [5, 5.41) is 2.93. The van der Waals surface area contributed by atoms with Crippen molar-refractivity contribution in [3.05, 3.63) is 71.0 Å². The van der Waals surface area contributed by atoms with Crippen molar-refractivity contribution in [3.8, 4) is 0 Å². The fourth-order valence-electron chi connectivity index (χ4n) is 3.74. The molecule has 30 heavy (non-hydrogen) atoms. The number of amides is 2. The van der Waals surface area contributed by atoms with Gasteiger partial charge >= 0.3 is 0 Å². The van der Waals surface area contributed by atoms with Crippen LogP contribution in [-0.2, 0) is 29.0 Å². The van der Waals surface area contributed by atoms with Gasteiger partial charge in [0.05, 0.1) is 6.04 Å². The van der Waals surface area contributed by atoms with Crippen LogP contribution in [-0.4, -0.2) is 35.3 Å². The summed E-state index contributed by atoms with van der Waals surface area (Å²) in [6, 6.07) is 12.9. The topological polar surface area (TPSA) is 75.4 Å². The molecule has 3 N–H and O–H groups in total. The summed E-state index contributed by atoms with van der Waals surface area (Å²) in [4.78, 5) is 27.5. The molecule has 0 bridgehead atoms. The van der Waals surface area contributed by atoms with Crippen molar-refractivity contribution in [1.29, 1.82) is 0 Å². The predicted molar refractivity (Wildman–Crippen MR) is 118 cm³/mol. The Morgan fingerprint density at radius 2 is 1.83 bits per heavy atom. The lowest BCUT2D eigenvalue weighted by molar-refractivity contribution is -0.143. The monoisotopic (exact) mass is 433 g/mol. The fourth-order valence-corrected chi connectivity index (χ4v) is 3.74. The van der Waals surface area contributed by atoms with E-state index in [4.69, 9.17) is 5.73 Å². The number of fused-ring (bicyclic) bond motifs is 1. The Labute approximate surface area is 183 Å². The van der Waals surface area contributed by atoms with E-state index in [0.29, 0.717) is 32.4 Å². The number of rotatable bonds is 7. The van der Waals surface area contributed by atoms with E-state index in [2.05, 4.69) is 5.32 Å². The molecule has 3 rings (SSSR count). The van der Waals surface area contributed by atoms with E-state index >= 15 is 0 Å². The predicted octanol–water partition coefficient (Wildman–Crippen LogP) is 2.99. The minimum Gasteiger partial charge on any atom is -0.354 e. The van der Waals surface area contributed by atoms with E-state index in [0.717, 1.165) is 23.1 Å². The molecule has 2 aromatic rings. The number of carbonyl (C=O) groups excluding carboxylic acids is 2. The molecule has 2 aromatic carbocycles. The van der Waals surface area contributed by atoms with Crippen LogP contribution in [0.4, 0.5) is 4.39 Å². The van der Waals surface area contributed by atoms with E-state index in [-0.39, 0.29) is 30.0 Å². The highest BCUT2D eigenvalue weighted by Gasteiger charge is 2.36. The molecule has 1 aliphatic rings. The normalized spacial score (nSPS) is 16.2. The van der Waals surface area contributed by atoms with Gasteiger partial charge in [0.25, 0.3) is 0 Å². The van der Waals surface area contributed by atoms with Crippen LogP contribution >= 0.6 is 12.4 Å². The fraction of sp³-hybridized carbons (Fsp3) is 0.391. The number of carbonyl (C=O) groups is 2. The van der Waals surface area contributed by atoms with Crippen LogP contribution in [0.1, 0.15) is 36.5 Å². The maximum atomic E-state index is 13.0. The molecule has 2 atom stereocenters. The van der Waals surface area contributed by atoms with E-state index in [1.165, 1.54) is 12.1 Å². The molecule has 0 aromatic heterocycles. The van der Waals surface area contributed by atoms with Gasteiger partial charge < -0.3 is 16.0 Å². The summed E-state index contributed by atoms with van der Waals surface area (Å²) >= 11 is 0. The minimum atomic E-state index is -0.597. The van der Waals surface area contributed by atoms with E-state index in [9.17, 15) is 14.0 Å². The zero-order valence-electron chi connectivity index (χ0n) is 17.1. The summed E-state index contributed by atoms with van der Waals surface area (Å²) in [5.74, 6) is -0.644. The molecule has 7 heteroatoms. The van der Waals surface area contributed by atoms with Gasteiger partial charge in [-0.3, -0.25) is 9.59 Å². The van der Waals surface area contributed by atoms with Gasteiger partial charge in [-0.2, -0.15) is 0 Å². The Bertz CT molecular complexity index is 860. The summed E-state index contributed by atoms with van der Waals surface area (Å²) in [6.07, 6.45) is 2.48. The zero-order chi connectivity index (χ0) is 20.8. The second-order valence-electron chi connectivity index (χ2n) is 7.52. The van der Waals surface area contributed by atoms with Crippen molar-refractivity contribution in [2.45, 2.75) is 51.2 Å². The molecule has 5 nitrogen and oxygen atoms in total. The van der Waals surface area contributed by atoms with Gasteiger partial charge in [0.2, 0.25) is 11.8 Å². The van der Waals surface area contributed by atoms with Crippen molar-refractivity contribution in [2.24, 2.45) is 5.73 Å². The molecule has 1 aliphatic heterocycles. The first-order chi connectivity index (χ1) is 14.0. The zero-order valence-corrected chi connectivity index (χ0v) is 18.0. The molecule has 0 saturated heterocycles. The van der Waals surface area contributed by atoms with Gasteiger partial charge in [0.1, 0.15) is 11.9 Å². The van der Waals surface area contributed by atoms with Gasteiger partial charge in [-0.15, -0.1) is 12.4 Å². The third kappa shape index (κ3) is 5.80. The Kier molecular flexibility index (Phi) is 8.81. The number of benzene rings is 2. The van der Waals surface area contributed by atoms with E-state index in [1.807, 2.05) is 31.2 Å². The van der Waals surface area contributed by atoms with Gasteiger partial charge in [0, 0.05) is 19.5 Å². The second kappa shape index (κ2) is 11.1. The van der Waals surface area contributed by atoms with Crippen LogP contribution in [0.25, 0.3) is 0 Å². The van der Waals surface area contributed by atoms with Gasteiger partial charge in [0.15, 0.2) is 0 Å². The molecule has 0 saturated carbocycles. The smallest absolute Gasteiger partial charge is 0.243 e. The molecular formula is C23H29ClFN3O2. The van der Waals surface area contributed by atoms with Crippen molar-refractivity contribution in [2.75, 3.05) is 6.54 Å². The van der Waals surface area contributed by atoms with E-state index < -0.39 is 12.1 Å². The van der Waals surface area contributed by atoms with Crippen molar-refractivity contribution < 1.29 is 14.0 Å². The number of nitrogens with one attached hydrogen (secondary N) is 1. The SMILES string of the molecule is CCCC(N)C(=O)N1Cc2ccccc2CC1C(=O)NCCc1ccc(F)cc1.Cl. The van der Waals surface area contributed by atoms with Gasteiger partial charge in [-0.25, -0.2) is 4.39 Å². The number of nitrogens with zero attached hydrogens (tertiary/aromatic N) is 1. The first-order valence-electron chi connectivity index (χ1n) is 10.1. The maximum Gasteiger partial charge on any atom is 0.243 e. The highest BCUT2D eigenvalue weighted by atomic mass is 35.5. The van der Waals surface area contributed by atoms with Crippen molar-refractivity contribution >= 4 is 24.2 Å². The molecule has 1 heterocycles. The number of nitrogens with two attached hydrogens (primary N) is 1. The Balaban J connectivity index is 0.00000320. The Morgan fingerprint density at radius 3 is 2.50 bits per heavy atom. The lowest BCUT2D eigenvalue weighted by atomic mass is 9.92. The van der Waals surface area contributed by atoms with Crippen LogP contribution < -0.4 is 11.1 Å². The van der Waals surface area contributed by atoms with Crippen LogP contribution in [0.15, 0.2) is 48.5 Å². The average molecular weight is 434 g/mol. The largest absolute Gasteiger partial charge is 0.354 e. The molecule has 0 aliphatic carbocycles. The highest BCUT2D eigenvalue weighted by Crippen LogP contribution is 2.24. The standard InChI is InChI=1S/C23H28FN3O2.ClH/c1-2-5-20(25)23(29)27-15-18-7-4-3-6-17(18)14-21(27)22(28)26-13-12-16-8-10-19(24)11-9-16;/h3-4,6-11,20-21H,2,5,12-15,25H2,1H3,(H,26,28);1H. The Morgan fingerprint density at radius 1 is 1.17 bits per heavy atom. The Hall–Kier alpha value is -2.44. The molecule has 0 fully saturated rings. The van der Waals surface area contributed by atoms with Crippen LogP contribution in [0, 0.1) is 5.82 Å². The van der Waals surface area contributed by atoms with Gasteiger partial charge in [-0.1, -0.05) is 49.7 Å². The van der Waals surface area contributed by atoms with Crippen LogP contribution in [0.3, 0.4) is 0 Å². The molecular weight excluding hydrogens is 405 g/mol. The first kappa shape index (κ1) is 23.8. The lowest BCUT2D eigenvalue weighted by Gasteiger charge is -2.37. The summed E-state index contributed by atoms with van der Waals surface area (Å²) < 4.78 is 13.0. The summed E-state index contributed by atoms with van der Waals surface area (Å²) in [5.41, 5.74) is 9.16. The first-order valence-corrected chi connectivity index (χ1v) is 10.1. The number of hydrogen-bond donors (Lipinski definition) is 2. The molecule has 2 unspecified atom stereocenters. The minimum absolute atomic E-state index is 0. The van der Waals surface area contributed by atoms with Crippen molar-refractivity contribution in [1.82, 2.24) is 10.2 Å². The van der Waals surface area contributed by atoms with Crippen LogP contribution in [0.2, 0.25) is 0 Å². The average Bonchev–Trinajstić information content (AvgIpc) is 2.73. The number of hydrogen-bond acceptors (Lipinski definition) is 3. The maximum absolute atomic E-state index is 13.0. The summed E-state index contributed by atoms with van der Waals surface area (Å²) in [6.45, 7) is 2.80. The highest BCUT2D eigenvalue weighted by molar-refractivity contribution is 5.90. The van der Waals surface area contributed by atoms with Crippen molar-refractivity contribution in [3.63, 3.8) is 0 Å². The molecule has 162 valence electrons. The van der Waals surface area contributed by atoms with Gasteiger partial charge in [-0.05, 0) is 41.7 Å².